The molecule has 132 valence electrons. The maximum absolute atomic E-state index is 5.48. The van der Waals surface area contributed by atoms with Gasteiger partial charge in [0, 0.05) is 32.4 Å². The Morgan fingerprint density at radius 1 is 0.885 bits per heavy atom. The van der Waals surface area contributed by atoms with Crippen LogP contribution in [0.15, 0.2) is 60.8 Å². The third-order valence-electron chi connectivity index (χ3n) is 5.17. The van der Waals surface area contributed by atoms with Crippen LogP contribution in [0.25, 0.3) is 28.1 Å². The first-order valence-electron chi connectivity index (χ1n) is 9.22. The van der Waals surface area contributed by atoms with Crippen LogP contribution < -0.4 is 0 Å². The van der Waals surface area contributed by atoms with E-state index in [4.69, 9.17) is 9.72 Å². The molecule has 26 heavy (non-hydrogen) atoms. The molecule has 0 N–H and O–H groups in total. The Morgan fingerprint density at radius 3 is 2.50 bits per heavy atom. The van der Waals surface area contributed by atoms with Crippen molar-refractivity contribution in [3.05, 3.63) is 60.8 Å². The van der Waals surface area contributed by atoms with Gasteiger partial charge in [0.05, 0.1) is 29.9 Å². The Kier molecular flexibility index (Phi) is 3.96. The minimum Gasteiger partial charge on any atom is -0.379 e. The Morgan fingerprint density at radius 2 is 1.65 bits per heavy atom. The van der Waals surface area contributed by atoms with E-state index in [1.165, 1.54) is 11.3 Å². The van der Waals surface area contributed by atoms with Crippen LogP contribution in [0.5, 0.6) is 0 Å². The number of benzene rings is 2. The normalized spacial score (nSPS) is 15.8. The monoisotopic (exact) mass is 346 g/mol. The molecule has 1 saturated heterocycles. The van der Waals surface area contributed by atoms with Crippen LogP contribution in [-0.2, 0) is 11.3 Å². The van der Waals surface area contributed by atoms with E-state index in [9.17, 15) is 0 Å². The fourth-order valence-electron chi connectivity index (χ4n) is 3.78. The van der Waals surface area contributed by atoms with Gasteiger partial charge in [0.1, 0.15) is 0 Å². The summed E-state index contributed by atoms with van der Waals surface area (Å²) in [5.74, 6) is 1.01. The number of aromatic nitrogens is 3. The van der Waals surface area contributed by atoms with Crippen molar-refractivity contribution < 1.29 is 4.74 Å². The summed E-state index contributed by atoms with van der Waals surface area (Å²) >= 11 is 0. The van der Waals surface area contributed by atoms with E-state index in [1.54, 1.807) is 0 Å². The molecule has 0 aliphatic carbocycles. The molecule has 2 aromatic carbocycles. The minimum absolute atomic E-state index is 0.833. The average molecular weight is 346 g/mol. The second-order valence-electron chi connectivity index (χ2n) is 6.76. The summed E-state index contributed by atoms with van der Waals surface area (Å²) in [5.41, 5.74) is 4.64. The largest absolute Gasteiger partial charge is 0.379 e. The lowest BCUT2D eigenvalue weighted by Crippen LogP contribution is -2.38. The average Bonchev–Trinajstić information content (AvgIpc) is 3.24. The molecule has 0 amide bonds. The van der Waals surface area contributed by atoms with E-state index >= 15 is 0 Å². The standard InChI is InChI=1S/C21H22N4O/c1-2-6-17(7-3-1)20-16-25-19-9-5-4-8-18(19)22-21(25)24(20)11-10-23-12-14-26-15-13-23/h1-9,16H,10-15H2. The smallest absolute Gasteiger partial charge is 0.215 e. The highest BCUT2D eigenvalue weighted by Crippen LogP contribution is 2.26. The molecule has 3 heterocycles. The second-order valence-corrected chi connectivity index (χ2v) is 6.76. The molecule has 5 nitrogen and oxygen atoms in total. The first-order valence-corrected chi connectivity index (χ1v) is 9.22. The summed E-state index contributed by atoms with van der Waals surface area (Å²) in [6.45, 7) is 5.61. The summed E-state index contributed by atoms with van der Waals surface area (Å²) in [7, 11) is 0. The van der Waals surface area contributed by atoms with Crippen LogP contribution in [0.4, 0.5) is 0 Å². The molecule has 1 aliphatic heterocycles. The van der Waals surface area contributed by atoms with Crippen molar-refractivity contribution in [3.8, 4) is 11.3 Å². The van der Waals surface area contributed by atoms with Crippen molar-refractivity contribution in [1.29, 1.82) is 0 Å². The maximum Gasteiger partial charge on any atom is 0.215 e. The van der Waals surface area contributed by atoms with E-state index < -0.39 is 0 Å². The van der Waals surface area contributed by atoms with Crippen LogP contribution in [0.1, 0.15) is 0 Å². The molecular formula is C21H22N4O. The first kappa shape index (κ1) is 15.6. The van der Waals surface area contributed by atoms with Crippen molar-refractivity contribution in [3.63, 3.8) is 0 Å². The van der Waals surface area contributed by atoms with Gasteiger partial charge in [-0.3, -0.25) is 9.30 Å². The number of ether oxygens (including phenoxy) is 1. The zero-order valence-corrected chi connectivity index (χ0v) is 14.7. The molecule has 0 saturated carbocycles. The van der Waals surface area contributed by atoms with Gasteiger partial charge >= 0.3 is 0 Å². The van der Waals surface area contributed by atoms with Crippen molar-refractivity contribution >= 4 is 16.8 Å². The van der Waals surface area contributed by atoms with Crippen molar-refractivity contribution in [2.24, 2.45) is 0 Å². The molecule has 5 rings (SSSR count). The molecule has 5 heteroatoms. The van der Waals surface area contributed by atoms with Crippen LogP contribution in [0, 0.1) is 0 Å². The molecule has 0 spiro atoms. The van der Waals surface area contributed by atoms with E-state index in [2.05, 4.69) is 68.6 Å². The highest BCUT2D eigenvalue weighted by atomic mass is 16.5. The summed E-state index contributed by atoms with van der Waals surface area (Å²) in [5, 5.41) is 0. The predicted molar refractivity (Wildman–Crippen MR) is 103 cm³/mol. The zero-order valence-electron chi connectivity index (χ0n) is 14.7. The van der Waals surface area contributed by atoms with Crippen molar-refractivity contribution in [2.75, 3.05) is 32.8 Å². The van der Waals surface area contributed by atoms with Crippen LogP contribution >= 0.6 is 0 Å². The van der Waals surface area contributed by atoms with Crippen LogP contribution in [0.2, 0.25) is 0 Å². The Bertz CT molecular complexity index is 1030. The third-order valence-corrected chi connectivity index (χ3v) is 5.17. The Hall–Kier alpha value is -2.63. The molecule has 0 radical (unpaired) electrons. The highest BCUT2D eigenvalue weighted by molar-refractivity contribution is 5.81. The van der Waals surface area contributed by atoms with Crippen molar-refractivity contribution in [2.45, 2.75) is 6.54 Å². The third kappa shape index (κ3) is 2.69. The summed E-state index contributed by atoms with van der Waals surface area (Å²) in [6.07, 6.45) is 2.22. The number of hydrogen-bond donors (Lipinski definition) is 0. The van der Waals surface area contributed by atoms with Gasteiger partial charge in [-0.15, -0.1) is 0 Å². The fraction of sp³-hybridized carbons (Fsp3) is 0.286. The molecule has 1 aliphatic rings. The van der Waals surface area contributed by atoms with Gasteiger partial charge < -0.3 is 9.30 Å². The number of fused-ring (bicyclic) bond motifs is 3. The van der Waals surface area contributed by atoms with Gasteiger partial charge in [0.25, 0.3) is 0 Å². The molecule has 0 atom stereocenters. The van der Waals surface area contributed by atoms with E-state index in [0.29, 0.717) is 0 Å². The van der Waals surface area contributed by atoms with Gasteiger partial charge in [0.15, 0.2) is 0 Å². The molecular weight excluding hydrogens is 324 g/mol. The number of para-hydroxylation sites is 2. The van der Waals surface area contributed by atoms with Gasteiger partial charge in [-0.25, -0.2) is 4.98 Å². The number of nitrogens with zero attached hydrogens (tertiary/aromatic N) is 4. The lowest BCUT2D eigenvalue weighted by Gasteiger charge is -2.26. The Labute approximate surface area is 152 Å². The highest BCUT2D eigenvalue weighted by Gasteiger charge is 2.17. The SMILES string of the molecule is c1ccc(-c2cn3c4ccccc4nc3n2CCN2CCOCC2)cc1. The number of hydrogen-bond acceptors (Lipinski definition) is 3. The fourth-order valence-corrected chi connectivity index (χ4v) is 3.78. The lowest BCUT2D eigenvalue weighted by molar-refractivity contribution is 0.0365. The first-order chi connectivity index (χ1) is 12.9. The molecule has 2 aromatic heterocycles. The molecule has 4 aromatic rings. The van der Waals surface area contributed by atoms with Crippen molar-refractivity contribution in [1.82, 2.24) is 18.9 Å². The predicted octanol–water partition coefficient (Wildman–Crippen LogP) is 3.29. The topological polar surface area (TPSA) is 34.7 Å². The zero-order chi connectivity index (χ0) is 17.3. The Balaban J connectivity index is 1.59. The number of imidazole rings is 2. The van der Waals surface area contributed by atoms with E-state index in [1.807, 2.05) is 6.07 Å². The minimum atomic E-state index is 0.833. The van der Waals surface area contributed by atoms with Crippen LogP contribution in [0.3, 0.4) is 0 Å². The molecule has 0 unspecified atom stereocenters. The van der Waals surface area contributed by atoms with Gasteiger partial charge in [-0.2, -0.15) is 0 Å². The van der Waals surface area contributed by atoms with Crippen LogP contribution in [-0.4, -0.2) is 51.7 Å². The number of morpholine rings is 1. The van der Waals surface area contributed by atoms with Gasteiger partial charge in [-0.1, -0.05) is 42.5 Å². The summed E-state index contributed by atoms with van der Waals surface area (Å²) in [6, 6.07) is 18.9. The lowest BCUT2D eigenvalue weighted by atomic mass is 10.2. The second kappa shape index (κ2) is 6.59. The maximum atomic E-state index is 5.48. The van der Waals surface area contributed by atoms with E-state index in [0.717, 1.165) is 56.2 Å². The summed E-state index contributed by atoms with van der Waals surface area (Å²) in [4.78, 5) is 7.38. The molecule has 0 bridgehead atoms. The summed E-state index contributed by atoms with van der Waals surface area (Å²) < 4.78 is 10.0. The number of rotatable bonds is 4. The van der Waals surface area contributed by atoms with Gasteiger partial charge in [0.2, 0.25) is 5.78 Å². The molecule has 1 fully saturated rings. The van der Waals surface area contributed by atoms with Gasteiger partial charge in [-0.05, 0) is 17.7 Å². The van der Waals surface area contributed by atoms with E-state index in [-0.39, 0.29) is 0 Å². The quantitative estimate of drug-likeness (QED) is 0.569.